The van der Waals surface area contributed by atoms with Gasteiger partial charge in [-0.25, -0.2) is 9.59 Å². The second-order valence-electron chi connectivity index (χ2n) is 14.9. The summed E-state index contributed by atoms with van der Waals surface area (Å²) >= 11 is 0. The third kappa shape index (κ3) is 5.31. The number of hydrogen-bond donors (Lipinski definition) is 2. The number of carbonyl (C=O) groups is 4. The molecule has 6 aliphatic rings. The average molecular weight is 616 g/mol. The Morgan fingerprint density at radius 3 is 2.59 bits per heavy atom. The molecule has 2 amide bonds. The van der Waals surface area contributed by atoms with Crippen molar-refractivity contribution in [1.82, 2.24) is 15.1 Å². The Morgan fingerprint density at radius 1 is 1.09 bits per heavy atom. The minimum Gasteiger partial charge on any atom is -0.462 e. The van der Waals surface area contributed by atoms with Crippen LogP contribution in [-0.2, 0) is 28.6 Å². The molecule has 2 N–H and O–H groups in total. The van der Waals surface area contributed by atoms with E-state index in [1.807, 2.05) is 11.9 Å². The zero-order chi connectivity index (χ0) is 31.4. The normalized spacial score (nSPS) is 42.0. The minimum atomic E-state index is -1.03. The maximum absolute atomic E-state index is 12.7. The van der Waals surface area contributed by atoms with Crippen molar-refractivity contribution in [1.29, 1.82) is 0 Å². The second kappa shape index (κ2) is 11.6. The number of fused-ring (bicyclic) bond motifs is 5. The molecule has 1 saturated heterocycles. The molecule has 0 aromatic carbocycles. The highest BCUT2D eigenvalue weighted by Gasteiger charge is 2.71. The molecule has 2 aliphatic heterocycles. The average Bonchev–Trinajstić information content (AvgIpc) is 3.46. The Hall–Kier alpha value is -2.66. The Kier molecular flexibility index (Phi) is 8.26. The maximum atomic E-state index is 12.7. The van der Waals surface area contributed by atoms with E-state index in [2.05, 4.69) is 19.2 Å². The van der Waals surface area contributed by atoms with E-state index in [0.29, 0.717) is 44.4 Å². The van der Waals surface area contributed by atoms with Crippen molar-refractivity contribution in [2.75, 3.05) is 46.4 Å². The predicted molar refractivity (Wildman–Crippen MR) is 159 cm³/mol. The van der Waals surface area contributed by atoms with Gasteiger partial charge in [-0.2, -0.15) is 0 Å². The molecule has 11 heteroatoms. The number of carbonyl (C=O) groups excluding carboxylic acids is 4. The van der Waals surface area contributed by atoms with E-state index in [-0.39, 0.29) is 47.8 Å². The molecular weight excluding hydrogens is 566 g/mol. The summed E-state index contributed by atoms with van der Waals surface area (Å²) in [5.41, 5.74) is -0.730. The first-order chi connectivity index (χ1) is 20.8. The highest BCUT2D eigenvalue weighted by atomic mass is 16.6. The molecule has 11 nitrogen and oxygen atoms in total. The first-order valence-electron chi connectivity index (χ1n) is 16.5. The number of piperazine rings is 1. The van der Waals surface area contributed by atoms with E-state index in [1.54, 1.807) is 4.90 Å². The molecule has 9 unspecified atom stereocenters. The lowest BCUT2D eigenvalue weighted by Crippen LogP contribution is -2.62. The van der Waals surface area contributed by atoms with Crippen LogP contribution in [0.3, 0.4) is 0 Å². The SMILES string of the molecule is CC(=O)OC1CC2(O)C3CCC4CC(OC(=O)NCCN5CCN(C)CC5=O)CCC4(C)C3CCC2(C)C1C1=CC(=O)OC1. The number of nitrogens with one attached hydrogen (secondary N) is 1. The summed E-state index contributed by atoms with van der Waals surface area (Å²) in [6.45, 7) is 8.84. The minimum absolute atomic E-state index is 0.0127. The number of aliphatic hydroxyl groups is 1. The van der Waals surface area contributed by atoms with Gasteiger partial charge in [0, 0.05) is 56.9 Å². The number of hydrogen-bond acceptors (Lipinski definition) is 9. The summed E-state index contributed by atoms with van der Waals surface area (Å²) in [5, 5.41) is 15.5. The lowest BCUT2D eigenvalue weighted by molar-refractivity contribution is -0.208. The lowest BCUT2D eigenvalue weighted by atomic mass is 9.43. The smallest absolute Gasteiger partial charge is 0.407 e. The zero-order valence-corrected chi connectivity index (χ0v) is 26.6. The summed E-state index contributed by atoms with van der Waals surface area (Å²) < 4.78 is 17.0. The highest BCUT2D eigenvalue weighted by Crippen LogP contribution is 2.70. The molecule has 0 aromatic rings. The molecule has 5 fully saturated rings. The van der Waals surface area contributed by atoms with E-state index in [4.69, 9.17) is 14.2 Å². The summed E-state index contributed by atoms with van der Waals surface area (Å²) in [6.07, 6.45) is 6.88. The molecule has 4 saturated carbocycles. The van der Waals surface area contributed by atoms with Crippen LogP contribution in [0.2, 0.25) is 0 Å². The highest BCUT2D eigenvalue weighted by molar-refractivity contribution is 5.85. The van der Waals surface area contributed by atoms with Crippen LogP contribution in [0.15, 0.2) is 11.6 Å². The van der Waals surface area contributed by atoms with Crippen LogP contribution in [0.1, 0.15) is 72.1 Å². The number of esters is 2. The van der Waals surface area contributed by atoms with Gasteiger partial charge in [0.05, 0.1) is 12.1 Å². The van der Waals surface area contributed by atoms with E-state index in [9.17, 15) is 24.3 Å². The molecule has 0 radical (unpaired) electrons. The number of alkyl carbamates (subject to hydrolysis) is 1. The first-order valence-corrected chi connectivity index (χ1v) is 16.5. The van der Waals surface area contributed by atoms with Gasteiger partial charge < -0.3 is 29.5 Å². The molecule has 0 spiro atoms. The molecule has 0 bridgehead atoms. The van der Waals surface area contributed by atoms with E-state index in [0.717, 1.165) is 57.1 Å². The molecule has 9 atom stereocenters. The Morgan fingerprint density at radius 2 is 1.89 bits per heavy atom. The quantitative estimate of drug-likeness (QED) is 0.342. The van der Waals surface area contributed by atoms with Crippen LogP contribution < -0.4 is 5.32 Å². The molecule has 2 heterocycles. The monoisotopic (exact) mass is 615 g/mol. The van der Waals surface area contributed by atoms with Gasteiger partial charge in [-0.1, -0.05) is 13.8 Å². The van der Waals surface area contributed by atoms with Crippen molar-refractivity contribution < 1.29 is 38.5 Å². The number of cyclic esters (lactones) is 1. The molecule has 244 valence electrons. The summed E-state index contributed by atoms with van der Waals surface area (Å²) in [7, 11) is 1.93. The van der Waals surface area contributed by atoms with Crippen molar-refractivity contribution in [3.63, 3.8) is 0 Å². The molecule has 6 rings (SSSR count). The molecular formula is C33H49N3O8. The van der Waals surface area contributed by atoms with Crippen molar-refractivity contribution in [3.05, 3.63) is 11.6 Å². The van der Waals surface area contributed by atoms with Crippen molar-refractivity contribution in [2.45, 2.75) is 89.9 Å². The van der Waals surface area contributed by atoms with Crippen LogP contribution >= 0.6 is 0 Å². The Balaban J connectivity index is 1.09. The van der Waals surface area contributed by atoms with Gasteiger partial charge >= 0.3 is 18.0 Å². The van der Waals surface area contributed by atoms with E-state index in [1.165, 1.54) is 13.0 Å². The summed E-state index contributed by atoms with van der Waals surface area (Å²) in [6, 6.07) is 0. The third-order valence-corrected chi connectivity index (χ3v) is 12.6. The number of ether oxygens (including phenoxy) is 3. The zero-order valence-electron chi connectivity index (χ0n) is 26.6. The molecule has 0 aromatic heterocycles. The van der Waals surface area contributed by atoms with E-state index >= 15 is 0 Å². The van der Waals surface area contributed by atoms with Gasteiger partial charge in [-0.05, 0) is 80.7 Å². The topological polar surface area (TPSA) is 135 Å². The van der Waals surface area contributed by atoms with Crippen LogP contribution in [0.4, 0.5) is 4.79 Å². The standard InChI is InChI=1S/C33H49N3O8/c1-20(37)43-26-17-33(41)25-6-5-22-16-23(44-30(40)34-11-12-36-14-13-35(4)18-27(36)38)7-9-31(22,2)24(25)8-10-32(33,3)29(26)21-15-28(39)42-19-21/h15,22-26,29,41H,5-14,16-19H2,1-4H3,(H,34,40). The molecule has 44 heavy (non-hydrogen) atoms. The van der Waals surface area contributed by atoms with Crippen LogP contribution in [0.25, 0.3) is 0 Å². The third-order valence-electron chi connectivity index (χ3n) is 12.6. The van der Waals surface area contributed by atoms with Crippen molar-refractivity contribution in [2.24, 2.45) is 34.5 Å². The predicted octanol–water partition coefficient (Wildman–Crippen LogP) is 2.65. The fourth-order valence-corrected chi connectivity index (χ4v) is 10.4. The van der Waals surface area contributed by atoms with Gasteiger partial charge in [0.15, 0.2) is 0 Å². The largest absolute Gasteiger partial charge is 0.462 e. The van der Waals surface area contributed by atoms with Gasteiger partial charge in [0.25, 0.3) is 0 Å². The lowest BCUT2D eigenvalue weighted by Gasteiger charge is -2.63. The number of rotatable bonds is 6. The van der Waals surface area contributed by atoms with Gasteiger partial charge in [-0.3, -0.25) is 14.5 Å². The fraction of sp³-hybridized carbons (Fsp3) is 0.818. The van der Waals surface area contributed by atoms with Gasteiger partial charge in [-0.15, -0.1) is 0 Å². The van der Waals surface area contributed by atoms with Crippen molar-refractivity contribution >= 4 is 23.9 Å². The summed E-state index contributed by atoms with van der Waals surface area (Å²) in [5.74, 6) is -0.176. The van der Waals surface area contributed by atoms with Gasteiger partial charge in [0.2, 0.25) is 5.91 Å². The first kappa shape index (κ1) is 31.3. The molecule has 4 aliphatic carbocycles. The van der Waals surface area contributed by atoms with Crippen molar-refractivity contribution in [3.8, 4) is 0 Å². The van der Waals surface area contributed by atoms with Crippen LogP contribution in [-0.4, -0.2) is 103 Å². The second-order valence-corrected chi connectivity index (χ2v) is 14.9. The Labute approximate surface area is 260 Å². The van der Waals surface area contributed by atoms with Crippen LogP contribution in [0.5, 0.6) is 0 Å². The van der Waals surface area contributed by atoms with E-state index < -0.39 is 23.2 Å². The van der Waals surface area contributed by atoms with Crippen LogP contribution in [0, 0.1) is 34.5 Å². The number of nitrogens with zero attached hydrogens (tertiary/aromatic N) is 2. The fourth-order valence-electron chi connectivity index (χ4n) is 10.4. The number of likely N-dealkylation sites (N-methyl/N-ethyl adjacent to an activating group) is 1. The van der Waals surface area contributed by atoms with Gasteiger partial charge in [0.1, 0.15) is 18.8 Å². The number of amides is 2. The Bertz CT molecular complexity index is 1220. The maximum Gasteiger partial charge on any atom is 0.407 e. The summed E-state index contributed by atoms with van der Waals surface area (Å²) in [4.78, 5) is 52.8.